The summed E-state index contributed by atoms with van der Waals surface area (Å²) < 4.78 is 122. The molecule has 1 N–H and O–H groups in total. The topological polar surface area (TPSA) is 40.5 Å². The van der Waals surface area contributed by atoms with Crippen molar-refractivity contribution in [1.29, 1.82) is 0 Å². The first-order chi connectivity index (χ1) is 20.8. The maximum absolute atomic E-state index is 14.1. The van der Waals surface area contributed by atoms with Crippen LogP contribution in [0.1, 0.15) is 72.8 Å². The Morgan fingerprint density at radius 1 is 0.822 bits per heavy atom. The molecule has 1 aliphatic rings. The summed E-state index contributed by atoms with van der Waals surface area (Å²) in [6, 6.07) is 11.4. The molecule has 1 saturated heterocycles. The van der Waals surface area contributed by atoms with E-state index in [9.17, 15) is 49.4 Å². The number of benzene rings is 3. The summed E-state index contributed by atoms with van der Waals surface area (Å²) >= 11 is 0. The van der Waals surface area contributed by atoms with Crippen molar-refractivity contribution in [2.24, 2.45) is 5.92 Å². The average Bonchev–Trinajstić information content (AvgIpc) is 2.94. The minimum absolute atomic E-state index is 0.0329. The number of halogens is 9. The van der Waals surface area contributed by atoms with Crippen molar-refractivity contribution in [1.82, 2.24) is 4.90 Å². The molecule has 1 fully saturated rings. The second-order valence-corrected chi connectivity index (χ2v) is 11.9. The van der Waals surface area contributed by atoms with Crippen molar-refractivity contribution >= 4 is 5.97 Å². The highest BCUT2D eigenvalue weighted by Crippen LogP contribution is 2.41. The SMILES string of the molecule is CC(C)CC(C(=O)O)c1cc(-c2ccc(C(F)(F)F)cc2)cc(C2CCC(C(F)(F)F)N(Cc3cccc(C(F)(F)F)c3)C2)c1. The van der Waals surface area contributed by atoms with E-state index in [-0.39, 0.29) is 37.3 Å². The third kappa shape index (κ3) is 8.59. The third-order valence-electron chi connectivity index (χ3n) is 8.10. The molecule has 1 aliphatic heterocycles. The molecular formula is C33H32F9NO2. The van der Waals surface area contributed by atoms with Crippen LogP contribution in [0.25, 0.3) is 11.1 Å². The molecular weight excluding hydrogens is 613 g/mol. The molecule has 0 aromatic heterocycles. The quantitative estimate of drug-likeness (QED) is 0.248. The van der Waals surface area contributed by atoms with Crippen LogP contribution >= 0.6 is 0 Å². The largest absolute Gasteiger partial charge is 0.481 e. The molecule has 45 heavy (non-hydrogen) atoms. The Morgan fingerprint density at radius 3 is 2.02 bits per heavy atom. The molecule has 3 atom stereocenters. The number of aliphatic carboxylic acids is 1. The molecule has 1 heterocycles. The smallest absolute Gasteiger partial charge is 0.416 e. The van der Waals surface area contributed by atoms with E-state index in [2.05, 4.69) is 0 Å². The maximum atomic E-state index is 14.1. The molecule has 0 radical (unpaired) electrons. The van der Waals surface area contributed by atoms with Gasteiger partial charge in [-0.1, -0.05) is 62.4 Å². The van der Waals surface area contributed by atoms with E-state index in [1.54, 1.807) is 18.2 Å². The molecule has 4 rings (SSSR count). The van der Waals surface area contributed by atoms with E-state index in [0.29, 0.717) is 22.3 Å². The third-order valence-corrected chi connectivity index (χ3v) is 8.10. The minimum atomic E-state index is -4.67. The Labute approximate surface area is 254 Å². The molecule has 12 heteroatoms. The summed E-state index contributed by atoms with van der Waals surface area (Å²) in [4.78, 5) is 13.4. The molecule has 0 aliphatic carbocycles. The lowest BCUT2D eigenvalue weighted by Gasteiger charge is -2.41. The van der Waals surface area contributed by atoms with Crippen LogP contribution in [-0.2, 0) is 23.7 Å². The zero-order valence-electron chi connectivity index (χ0n) is 24.4. The normalized spacial score (nSPS) is 19.1. The van der Waals surface area contributed by atoms with Gasteiger partial charge in [0.25, 0.3) is 0 Å². The Balaban J connectivity index is 1.76. The van der Waals surface area contributed by atoms with Crippen LogP contribution in [0.2, 0.25) is 0 Å². The highest BCUT2D eigenvalue weighted by atomic mass is 19.4. The van der Waals surface area contributed by atoms with Gasteiger partial charge in [-0.3, -0.25) is 9.69 Å². The molecule has 0 saturated carbocycles. The Bertz CT molecular complexity index is 1480. The molecule has 244 valence electrons. The molecule has 0 spiro atoms. The molecule has 3 unspecified atom stereocenters. The molecule has 0 bridgehead atoms. The van der Waals surface area contributed by atoms with E-state index >= 15 is 0 Å². The summed E-state index contributed by atoms with van der Waals surface area (Å²) in [5, 5.41) is 10.0. The van der Waals surface area contributed by atoms with Gasteiger partial charge in [0.05, 0.1) is 17.0 Å². The van der Waals surface area contributed by atoms with Gasteiger partial charge in [-0.2, -0.15) is 39.5 Å². The van der Waals surface area contributed by atoms with Crippen LogP contribution < -0.4 is 0 Å². The summed E-state index contributed by atoms with van der Waals surface area (Å²) in [7, 11) is 0. The second kappa shape index (κ2) is 13.1. The van der Waals surface area contributed by atoms with Crippen molar-refractivity contribution in [2.45, 2.75) is 76.1 Å². The standard InChI is InChI=1S/C33H32F9NO2/c1-19(2)12-28(30(44)45)25-15-23(21-6-9-26(10-7-21)31(34,35)36)14-24(16-25)22-8-11-29(33(40,41)42)43(18-22)17-20-4-3-5-27(13-20)32(37,38)39/h3-7,9-10,13-16,19,22,28-29H,8,11-12,17-18H2,1-2H3,(H,44,45). The zero-order chi connectivity index (χ0) is 33.3. The first-order valence-corrected chi connectivity index (χ1v) is 14.3. The van der Waals surface area contributed by atoms with E-state index in [1.165, 1.54) is 18.2 Å². The van der Waals surface area contributed by atoms with Crippen LogP contribution in [0.4, 0.5) is 39.5 Å². The Hall–Kier alpha value is -3.54. The van der Waals surface area contributed by atoms with Gasteiger partial charge in [0.15, 0.2) is 0 Å². The van der Waals surface area contributed by atoms with Gasteiger partial charge in [0.1, 0.15) is 6.04 Å². The predicted octanol–water partition coefficient (Wildman–Crippen LogP) is 9.92. The number of piperidine rings is 1. The Morgan fingerprint density at radius 2 is 1.47 bits per heavy atom. The lowest BCUT2D eigenvalue weighted by Crippen LogP contribution is -2.50. The number of hydrogen-bond donors (Lipinski definition) is 1. The van der Waals surface area contributed by atoms with E-state index < -0.39 is 60.0 Å². The maximum Gasteiger partial charge on any atom is 0.416 e. The first kappa shape index (κ1) is 34.3. The number of likely N-dealkylation sites (tertiary alicyclic amines) is 1. The lowest BCUT2D eigenvalue weighted by atomic mass is 9.81. The number of nitrogens with zero attached hydrogens (tertiary/aromatic N) is 1. The zero-order valence-corrected chi connectivity index (χ0v) is 24.4. The van der Waals surface area contributed by atoms with Gasteiger partial charge in [-0.15, -0.1) is 0 Å². The predicted molar refractivity (Wildman–Crippen MR) is 150 cm³/mol. The number of hydrogen-bond acceptors (Lipinski definition) is 2. The summed E-state index contributed by atoms with van der Waals surface area (Å²) in [6.07, 6.45) is -13.9. The van der Waals surface area contributed by atoms with Crippen LogP contribution in [0.3, 0.4) is 0 Å². The molecule has 0 amide bonds. The molecule has 3 nitrogen and oxygen atoms in total. The van der Waals surface area contributed by atoms with Crippen LogP contribution in [0.5, 0.6) is 0 Å². The number of carbonyl (C=O) groups is 1. The first-order valence-electron chi connectivity index (χ1n) is 14.3. The van der Waals surface area contributed by atoms with Gasteiger partial charge < -0.3 is 5.11 Å². The number of carboxylic acid groups (broad SMARTS) is 1. The van der Waals surface area contributed by atoms with Gasteiger partial charge in [-0.25, -0.2) is 0 Å². The fourth-order valence-electron chi connectivity index (χ4n) is 5.92. The van der Waals surface area contributed by atoms with Crippen molar-refractivity contribution in [3.63, 3.8) is 0 Å². The van der Waals surface area contributed by atoms with Crippen LogP contribution in [-0.4, -0.2) is 34.7 Å². The average molecular weight is 646 g/mol. The van der Waals surface area contributed by atoms with Crippen LogP contribution in [0.15, 0.2) is 66.7 Å². The lowest BCUT2D eigenvalue weighted by molar-refractivity contribution is -0.194. The highest BCUT2D eigenvalue weighted by Gasteiger charge is 2.46. The van der Waals surface area contributed by atoms with Gasteiger partial charge in [-0.05, 0) is 77.1 Å². The van der Waals surface area contributed by atoms with Gasteiger partial charge in [0, 0.05) is 13.1 Å². The minimum Gasteiger partial charge on any atom is -0.481 e. The van der Waals surface area contributed by atoms with E-state index in [0.717, 1.165) is 35.2 Å². The Kier molecular flexibility index (Phi) is 9.96. The number of rotatable bonds is 8. The fraction of sp³-hybridized carbons (Fsp3) is 0.424. The van der Waals surface area contributed by atoms with Gasteiger partial charge >= 0.3 is 24.5 Å². The monoisotopic (exact) mass is 645 g/mol. The highest BCUT2D eigenvalue weighted by molar-refractivity contribution is 5.78. The van der Waals surface area contributed by atoms with E-state index in [4.69, 9.17) is 0 Å². The number of carboxylic acids is 1. The molecule has 3 aromatic rings. The summed E-state index contributed by atoms with van der Waals surface area (Å²) in [5.74, 6) is -2.69. The van der Waals surface area contributed by atoms with Gasteiger partial charge in [0.2, 0.25) is 0 Å². The van der Waals surface area contributed by atoms with E-state index in [1.807, 2.05) is 13.8 Å². The second-order valence-electron chi connectivity index (χ2n) is 11.9. The fourth-order valence-corrected chi connectivity index (χ4v) is 5.92. The van der Waals surface area contributed by atoms with Crippen LogP contribution in [0, 0.1) is 5.92 Å². The van der Waals surface area contributed by atoms with Crippen molar-refractivity contribution in [3.8, 4) is 11.1 Å². The van der Waals surface area contributed by atoms with Crippen molar-refractivity contribution in [3.05, 3.63) is 94.5 Å². The number of alkyl halides is 9. The van der Waals surface area contributed by atoms with Crippen molar-refractivity contribution in [2.75, 3.05) is 6.54 Å². The summed E-state index contributed by atoms with van der Waals surface area (Å²) in [6.45, 7) is 3.08. The summed E-state index contributed by atoms with van der Waals surface area (Å²) in [5.41, 5.74) is -0.143. The van der Waals surface area contributed by atoms with Crippen molar-refractivity contribution < 1.29 is 49.4 Å². The molecule has 3 aromatic carbocycles.